The van der Waals surface area contributed by atoms with Gasteiger partial charge in [0.25, 0.3) is 0 Å². The standard InChI is InChI=1S/C25H30N4O2/c1-24(2)18-25(12-14-31-24,20-7-5-4-6-8-20)11-13-27-22-17-26-16-21(29-22)19-9-10-23(30-3)28-15-19/h4-10,15-17H,11-14,18H2,1-3H3,(H,27,29). The zero-order valence-electron chi connectivity index (χ0n) is 18.5. The van der Waals surface area contributed by atoms with Gasteiger partial charge in [-0.2, -0.15) is 0 Å². The van der Waals surface area contributed by atoms with E-state index < -0.39 is 0 Å². The molecule has 0 bridgehead atoms. The molecule has 4 rings (SSSR count). The molecule has 31 heavy (non-hydrogen) atoms. The summed E-state index contributed by atoms with van der Waals surface area (Å²) in [5.74, 6) is 1.35. The van der Waals surface area contributed by atoms with Gasteiger partial charge in [-0.3, -0.25) is 4.98 Å². The zero-order valence-corrected chi connectivity index (χ0v) is 18.5. The fourth-order valence-electron chi connectivity index (χ4n) is 4.55. The number of nitrogens with zero attached hydrogens (tertiary/aromatic N) is 3. The third kappa shape index (κ3) is 5.02. The second-order valence-corrected chi connectivity index (χ2v) is 8.74. The van der Waals surface area contributed by atoms with Crippen molar-refractivity contribution in [3.05, 3.63) is 66.6 Å². The van der Waals surface area contributed by atoms with Crippen LogP contribution in [0.4, 0.5) is 5.82 Å². The van der Waals surface area contributed by atoms with Crippen molar-refractivity contribution in [1.82, 2.24) is 15.0 Å². The van der Waals surface area contributed by atoms with Gasteiger partial charge in [0.1, 0.15) is 5.82 Å². The fourth-order valence-corrected chi connectivity index (χ4v) is 4.55. The quantitative estimate of drug-likeness (QED) is 0.590. The van der Waals surface area contributed by atoms with E-state index >= 15 is 0 Å². The van der Waals surface area contributed by atoms with Crippen LogP contribution in [0.5, 0.6) is 5.88 Å². The van der Waals surface area contributed by atoms with Gasteiger partial charge in [-0.1, -0.05) is 30.3 Å². The molecule has 162 valence electrons. The van der Waals surface area contributed by atoms with Crippen molar-refractivity contribution in [2.75, 3.05) is 25.6 Å². The smallest absolute Gasteiger partial charge is 0.212 e. The number of nitrogens with one attached hydrogen (secondary N) is 1. The van der Waals surface area contributed by atoms with Crippen LogP contribution in [0.2, 0.25) is 0 Å². The van der Waals surface area contributed by atoms with Crippen LogP contribution < -0.4 is 10.1 Å². The topological polar surface area (TPSA) is 69.2 Å². The van der Waals surface area contributed by atoms with Crippen LogP contribution in [0.1, 0.15) is 38.7 Å². The molecule has 0 saturated carbocycles. The minimum absolute atomic E-state index is 0.0843. The summed E-state index contributed by atoms with van der Waals surface area (Å²) in [6.07, 6.45) is 8.28. The van der Waals surface area contributed by atoms with Crippen molar-refractivity contribution >= 4 is 5.82 Å². The molecule has 2 aromatic heterocycles. The van der Waals surface area contributed by atoms with E-state index in [2.05, 4.69) is 59.5 Å². The van der Waals surface area contributed by atoms with Gasteiger partial charge in [0.05, 0.1) is 30.8 Å². The Hall–Kier alpha value is -2.99. The molecule has 0 amide bonds. The number of benzene rings is 1. The minimum Gasteiger partial charge on any atom is -0.481 e. The highest BCUT2D eigenvalue weighted by Crippen LogP contribution is 2.43. The highest BCUT2D eigenvalue weighted by Gasteiger charge is 2.41. The van der Waals surface area contributed by atoms with Crippen molar-refractivity contribution in [3.8, 4) is 17.1 Å². The summed E-state index contributed by atoms with van der Waals surface area (Å²) in [6, 6.07) is 14.6. The highest BCUT2D eigenvalue weighted by molar-refractivity contribution is 5.59. The lowest BCUT2D eigenvalue weighted by molar-refractivity contribution is -0.0835. The van der Waals surface area contributed by atoms with E-state index in [-0.39, 0.29) is 11.0 Å². The van der Waals surface area contributed by atoms with Crippen molar-refractivity contribution in [1.29, 1.82) is 0 Å². The second-order valence-electron chi connectivity index (χ2n) is 8.74. The lowest BCUT2D eigenvalue weighted by atomic mass is 9.67. The first-order valence-corrected chi connectivity index (χ1v) is 10.8. The third-order valence-electron chi connectivity index (χ3n) is 6.01. The second kappa shape index (κ2) is 9.02. The molecule has 0 aliphatic carbocycles. The van der Waals surface area contributed by atoms with Crippen LogP contribution >= 0.6 is 0 Å². The monoisotopic (exact) mass is 418 g/mol. The fraction of sp³-hybridized carbons (Fsp3) is 0.400. The van der Waals surface area contributed by atoms with Crippen molar-refractivity contribution in [2.24, 2.45) is 0 Å². The first-order chi connectivity index (χ1) is 15.0. The Labute approximate surface area is 184 Å². The Bertz CT molecular complexity index is 992. The summed E-state index contributed by atoms with van der Waals surface area (Å²) in [6.45, 7) is 5.97. The predicted octanol–water partition coefficient (Wildman–Crippen LogP) is 4.88. The average Bonchev–Trinajstić information content (AvgIpc) is 2.79. The van der Waals surface area contributed by atoms with Gasteiger partial charge in [-0.25, -0.2) is 9.97 Å². The molecule has 1 unspecified atom stereocenters. The van der Waals surface area contributed by atoms with Crippen LogP contribution in [0.25, 0.3) is 11.3 Å². The Balaban J connectivity index is 1.48. The Morgan fingerprint density at radius 1 is 1.06 bits per heavy atom. The summed E-state index contributed by atoms with van der Waals surface area (Å²) < 4.78 is 11.2. The molecule has 1 N–H and O–H groups in total. The summed E-state index contributed by atoms with van der Waals surface area (Å²) in [7, 11) is 1.61. The molecule has 0 spiro atoms. The van der Waals surface area contributed by atoms with Crippen LogP contribution in [0.15, 0.2) is 61.1 Å². The number of hydrogen-bond donors (Lipinski definition) is 1. The van der Waals surface area contributed by atoms with Crippen LogP contribution in [0, 0.1) is 0 Å². The van der Waals surface area contributed by atoms with Crippen LogP contribution in [-0.4, -0.2) is 40.8 Å². The van der Waals surface area contributed by atoms with Crippen LogP contribution in [0.3, 0.4) is 0 Å². The Morgan fingerprint density at radius 3 is 2.61 bits per heavy atom. The van der Waals surface area contributed by atoms with E-state index in [9.17, 15) is 0 Å². The summed E-state index contributed by atoms with van der Waals surface area (Å²) in [4.78, 5) is 13.4. The maximum absolute atomic E-state index is 6.03. The van der Waals surface area contributed by atoms with E-state index in [4.69, 9.17) is 14.5 Å². The first kappa shape index (κ1) is 21.2. The van der Waals surface area contributed by atoms with Crippen molar-refractivity contribution in [3.63, 3.8) is 0 Å². The molecule has 1 aliphatic heterocycles. The molecule has 1 aliphatic rings. The van der Waals surface area contributed by atoms with Gasteiger partial charge >= 0.3 is 0 Å². The number of pyridine rings is 1. The largest absolute Gasteiger partial charge is 0.481 e. The lowest BCUT2D eigenvalue weighted by Gasteiger charge is -2.45. The SMILES string of the molecule is COc1ccc(-c2cncc(NCCC3(c4ccccc4)CCOC(C)(C)C3)n2)cn1. The van der Waals surface area contributed by atoms with Gasteiger partial charge in [0, 0.05) is 36.4 Å². The van der Waals surface area contributed by atoms with Crippen molar-refractivity contribution in [2.45, 2.75) is 44.1 Å². The number of methoxy groups -OCH3 is 1. The molecule has 1 aromatic carbocycles. The number of hydrogen-bond acceptors (Lipinski definition) is 6. The molecule has 6 heteroatoms. The van der Waals surface area contributed by atoms with E-state index in [1.165, 1.54) is 5.56 Å². The normalized spacial score (nSPS) is 20.2. The molecule has 6 nitrogen and oxygen atoms in total. The molecular weight excluding hydrogens is 388 g/mol. The molecule has 1 saturated heterocycles. The molecule has 3 heterocycles. The van der Waals surface area contributed by atoms with Crippen LogP contribution in [-0.2, 0) is 10.2 Å². The minimum atomic E-state index is -0.130. The Kier molecular flexibility index (Phi) is 6.18. The van der Waals surface area contributed by atoms with E-state index in [1.54, 1.807) is 25.7 Å². The van der Waals surface area contributed by atoms with E-state index in [1.807, 2.05) is 12.1 Å². The highest BCUT2D eigenvalue weighted by atomic mass is 16.5. The molecular formula is C25H30N4O2. The Morgan fingerprint density at radius 2 is 1.90 bits per heavy atom. The maximum Gasteiger partial charge on any atom is 0.212 e. The van der Waals surface area contributed by atoms with Crippen molar-refractivity contribution < 1.29 is 9.47 Å². The number of ether oxygens (including phenoxy) is 2. The van der Waals surface area contributed by atoms with E-state index in [0.717, 1.165) is 49.5 Å². The number of rotatable bonds is 7. The number of aromatic nitrogens is 3. The third-order valence-corrected chi connectivity index (χ3v) is 6.01. The zero-order chi connectivity index (χ0) is 21.7. The first-order valence-electron chi connectivity index (χ1n) is 10.8. The van der Waals surface area contributed by atoms with Gasteiger partial charge in [-0.05, 0) is 44.7 Å². The summed E-state index contributed by atoms with van der Waals surface area (Å²) in [5, 5.41) is 3.49. The molecule has 1 fully saturated rings. The summed E-state index contributed by atoms with van der Waals surface area (Å²) >= 11 is 0. The predicted molar refractivity (Wildman–Crippen MR) is 122 cm³/mol. The lowest BCUT2D eigenvalue weighted by Crippen LogP contribution is -2.44. The van der Waals surface area contributed by atoms with E-state index in [0.29, 0.717) is 5.88 Å². The number of anilines is 1. The molecule has 3 aromatic rings. The average molecular weight is 419 g/mol. The van der Waals surface area contributed by atoms with Gasteiger partial charge in [-0.15, -0.1) is 0 Å². The summed E-state index contributed by atoms with van der Waals surface area (Å²) in [5.41, 5.74) is 3.03. The van der Waals surface area contributed by atoms with Gasteiger partial charge in [0.15, 0.2) is 0 Å². The molecule has 1 atom stereocenters. The molecule has 0 radical (unpaired) electrons. The van der Waals surface area contributed by atoms with Gasteiger partial charge in [0.2, 0.25) is 5.88 Å². The maximum atomic E-state index is 6.03. The van der Waals surface area contributed by atoms with Gasteiger partial charge < -0.3 is 14.8 Å².